The summed E-state index contributed by atoms with van der Waals surface area (Å²) in [6, 6.07) is 1.75. The number of pyridine rings is 1. The Morgan fingerprint density at radius 3 is 2.67 bits per heavy atom. The van der Waals surface area contributed by atoms with Crippen LogP contribution in [0.5, 0.6) is 0 Å². The van der Waals surface area contributed by atoms with Crippen molar-refractivity contribution in [3.05, 3.63) is 23.6 Å². The molecule has 1 aromatic heterocycles. The molecule has 2 N–H and O–H groups in total. The first-order chi connectivity index (χ1) is 9.96. The van der Waals surface area contributed by atoms with Crippen LogP contribution in [0.2, 0.25) is 0 Å². The van der Waals surface area contributed by atoms with Gasteiger partial charge < -0.3 is 10.6 Å². The summed E-state index contributed by atoms with van der Waals surface area (Å²) in [6.45, 7) is 7.56. The zero-order valence-electron chi connectivity index (χ0n) is 13.5. The number of nitrogens with zero attached hydrogens (tertiary/aromatic N) is 1. The second-order valence-electron chi connectivity index (χ2n) is 7.10. The highest BCUT2D eigenvalue weighted by Gasteiger charge is 2.16. The van der Waals surface area contributed by atoms with Gasteiger partial charge in [-0.2, -0.15) is 0 Å². The molecule has 21 heavy (non-hydrogen) atoms. The largest absolute Gasteiger partial charge is 0.368 e. The predicted molar refractivity (Wildman–Crippen MR) is 85.9 cm³/mol. The van der Waals surface area contributed by atoms with Gasteiger partial charge in [0.15, 0.2) is 11.6 Å². The summed E-state index contributed by atoms with van der Waals surface area (Å²) < 4.78 is 14.4. The average Bonchev–Trinajstić information content (AvgIpc) is 2.91. The smallest absolute Gasteiger partial charge is 0.169 e. The normalized spacial score (nSPS) is 16.4. The molecule has 0 radical (unpaired) electrons. The van der Waals surface area contributed by atoms with Gasteiger partial charge in [0.2, 0.25) is 0 Å². The quantitative estimate of drug-likeness (QED) is 0.829. The zero-order chi connectivity index (χ0) is 15.3. The molecule has 0 atom stereocenters. The van der Waals surface area contributed by atoms with E-state index in [1.54, 1.807) is 12.3 Å². The highest BCUT2D eigenvalue weighted by molar-refractivity contribution is 5.39. The van der Waals surface area contributed by atoms with Crippen LogP contribution >= 0.6 is 0 Å². The van der Waals surface area contributed by atoms with Gasteiger partial charge in [0, 0.05) is 30.4 Å². The Kier molecular flexibility index (Phi) is 5.57. The van der Waals surface area contributed by atoms with E-state index in [-0.39, 0.29) is 11.4 Å². The van der Waals surface area contributed by atoms with Gasteiger partial charge in [-0.25, -0.2) is 9.37 Å². The second-order valence-corrected chi connectivity index (χ2v) is 7.10. The highest BCUT2D eigenvalue weighted by atomic mass is 19.1. The van der Waals surface area contributed by atoms with Crippen LogP contribution in [0.1, 0.15) is 58.4 Å². The fraction of sp³-hybridized carbons (Fsp3) is 0.706. The number of halogens is 1. The number of anilines is 1. The molecule has 0 spiro atoms. The lowest BCUT2D eigenvalue weighted by Crippen LogP contribution is -2.35. The maximum atomic E-state index is 14.4. The molecule has 0 aromatic carbocycles. The zero-order valence-corrected chi connectivity index (χ0v) is 13.5. The number of nitrogens with one attached hydrogen (secondary N) is 2. The van der Waals surface area contributed by atoms with E-state index in [1.807, 2.05) is 0 Å². The predicted octanol–water partition coefficient (Wildman–Crippen LogP) is 4.10. The molecule has 4 heteroatoms. The summed E-state index contributed by atoms with van der Waals surface area (Å²) in [6.07, 6.45) is 8.16. The summed E-state index contributed by atoms with van der Waals surface area (Å²) in [5.74, 6) is 0.980. The van der Waals surface area contributed by atoms with E-state index >= 15 is 0 Å². The Bertz CT molecular complexity index is 448. The Balaban J connectivity index is 1.87. The Morgan fingerprint density at radius 1 is 1.29 bits per heavy atom. The standard InChI is InChI=1S/C17H28FN3/c1-17(2,3)21-12-14-9-11-20-16(15(14)18)19-10-8-13-6-4-5-7-13/h9,11,13,21H,4-8,10,12H2,1-3H3,(H,19,20). The third-order valence-electron chi connectivity index (χ3n) is 4.10. The number of hydrogen-bond acceptors (Lipinski definition) is 3. The van der Waals surface area contributed by atoms with Crippen molar-refractivity contribution in [1.29, 1.82) is 0 Å². The van der Waals surface area contributed by atoms with Gasteiger partial charge in [-0.3, -0.25) is 0 Å². The topological polar surface area (TPSA) is 37.0 Å². The van der Waals surface area contributed by atoms with Crippen LogP contribution in [0.3, 0.4) is 0 Å². The maximum Gasteiger partial charge on any atom is 0.169 e. The first kappa shape index (κ1) is 16.2. The van der Waals surface area contributed by atoms with Gasteiger partial charge in [0.05, 0.1) is 0 Å². The summed E-state index contributed by atoms with van der Waals surface area (Å²) >= 11 is 0. The minimum Gasteiger partial charge on any atom is -0.368 e. The lowest BCUT2D eigenvalue weighted by atomic mass is 10.0. The van der Waals surface area contributed by atoms with E-state index in [0.29, 0.717) is 17.9 Å². The lowest BCUT2D eigenvalue weighted by Gasteiger charge is -2.21. The van der Waals surface area contributed by atoms with Crippen molar-refractivity contribution >= 4 is 5.82 Å². The molecule has 1 aromatic rings. The monoisotopic (exact) mass is 293 g/mol. The molecule has 1 saturated carbocycles. The average molecular weight is 293 g/mol. The SMILES string of the molecule is CC(C)(C)NCc1ccnc(NCCC2CCCC2)c1F. The third kappa shape index (κ3) is 5.27. The summed E-state index contributed by atoms with van der Waals surface area (Å²) in [4.78, 5) is 4.13. The van der Waals surface area contributed by atoms with Crippen LogP contribution in [0.4, 0.5) is 10.2 Å². The maximum absolute atomic E-state index is 14.4. The van der Waals surface area contributed by atoms with Crippen molar-refractivity contribution in [1.82, 2.24) is 10.3 Å². The molecule has 3 nitrogen and oxygen atoms in total. The number of aromatic nitrogens is 1. The highest BCUT2D eigenvalue weighted by Crippen LogP contribution is 2.27. The molecule has 0 amide bonds. The van der Waals surface area contributed by atoms with Crippen molar-refractivity contribution in [2.24, 2.45) is 5.92 Å². The van der Waals surface area contributed by atoms with E-state index in [9.17, 15) is 4.39 Å². The van der Waals surface area contributed by atoms with Crippen LogP contribution < -0.4 is 10.6 Å². The summed E-state index contributed by atoms with van der Waals surface area (Å²) in [7, 11) is 0. The molecule has 1 aliphatic carbocycles. The molecule has 1 aliphatic rings. The van der Waals surface area contributed by atoms with Crippen molar-refractivity contribution in [3.8, 4) is 0 Å². The fourth-order valence-corrected chi connectivity index (χ4v) is 2.80. The van der Waals surface area contributed by atoms with Gasteiger partial charge >= 0.3 is 0 Å². The Hall–Kier alpha value is -1.16. The molecular weight excluding hydrogens is 265 g/mol. The van der Waals surface area contributed by atoms with Gasteiger partial charge in [-0.1, -0.05) is 25.7 Å². The van der Waals surface area contributed by atoms with Crippen molar-refractivity contribution in [2.45, 2.75) is 65.0 Å². The molecule has 0 aliphatic heterocycles. The van der Waals surface area contributed by atoms with Crippen LogP contribution in [0.15, 0.2) is 12.3 Å². The van der Waals surface area contributed by atoms with E-state index in [1.165, 1.54) is 25.7 Å². The van der Waals surface area contributed by atoms with Crippen LogP contribution in [-0.2, 0) is 6.54 Å². The number of hydrogen-bond donors (Lipinski definition) is 2. The molecule has 0 bridgehead atoms. The number of rotatable bonds is 6. The Morgan fingerprint density at radius 2 is 2.00 bits per heavy atom. The van der Waals surface area contributed by atoms with Crippen molar-refractivity contribution < 1.29 is 4.39 Å². The van der Waals surface area contributed by atoms with Crippen LogP contribution in [0.25, 0.3) is 0 Å². The van der Waals surface area contributed by atoms with Crippen molar-refractivity contribution in [2.75, 3.05) is 11.9 Å². The molecular formula is C17H28FN3. The first-order valence-electron chi connectivity index (χ1n) is 8.08. The fourth-order valence-electron chi connectivity index (χ4n) is 2.80. The van der Waals surface area contributed by atoms with E-state index in [4.69, 9.17) is 0 Å². The van der Waals surface area contributed by atoms with Crippen LogP contribution in [-0.4, -0.2) is 17.1 Å². The Labute approximate surface area is 127 Å². The molecule has 2 rings (SSSR count). The second kappa shape index (κ2) is 7.21. The van der Waals surface area contributed by atoms with E-state index in [2.05, 4.69) is 36.4 Å². The van der Waals surface area contributed by atoms with E-state index < -0.39 is 0 Å². The van der Waals surface area contributed by atoms with Crippen LogP contribution in [0, 0.1) is 11.7 Å². The molecule has 0 saturated heterocycles. The molecule has 1 heterocycles. The van der Waals surface area contributed by atoms with E-state index in [0.717, 1.165) is 18.9 Å². The van der Waals surface area contributed by atoms with Gasteiger partial charge in [-0.15, -0.1) is 0 Å². The molecule has 118 valence electrons. The first-order valence-corrected chi connectivity index (χ1v) is 8.08. The summed E-state index contributed by atoms with van der Waals surface area (Å²) in [5.41, 5.74) is 0.648. The summed E-state index contributed by atoms with van der Waals surface area (Å²) in [5, 5.41) is 6.47. The van der Waals surface area contributed by atoms with Crippen molar-refractivity contribution in [3.63, 3.8) is 0 Å². The minimum absolute atomic E-state index is 0.0220. The minimum atomic E-state index is -0.222. The molecule has 0 unspecified atom stereocenters. The molecule has 1 fully saturated rings. The third-order valence-corrected chi connectivity index (χ3v) is 4.10. The van der Waals surface area contributed by atoms with Gasteiger partial charge in [-0.05, 0) is 39.2 Å². The van der Waals surface area contributed by atoms with Gasteiger partial charge in [0.1, 0.15) is 0 Å². The lowest BCUT2D eigenvalue weighted by molar-refractivity contribution is 0.418. The van der Waals surface area contributed by atoms with Gasteiger partial charge in [0.25, 0.3) is 0 Å².